The van der Waals surface area contributed by atoms with Crippen LogP contribution in [0.4, 0.5) is 5.82 Å². The average Bonchev–Trinajstić information content (AvgIpc) is 3.45. The summed E-state index contributed by atoms with van der Waals surface area (Å²) < 4.78 is 0. The van der Waals surface area contributed by atoms with Crippen molar-refractivity contribution in [1.29, 1.82) is 0 Å². The monoisotopic (exact) mass is 513 g/mol. The van der Waals surface area contributed by atoms with E-state index < -0.39 is 0 Å². The molecule has 1 saturated carbocycles. The minimum Gasteiger partial charge on any atom is -0.362 e. The molecule has 1 aromatic heterocycles. The molecular formula is C21H29ClIN5. The number of hydrogen-bond acceptors (Lipinski definition) is 3. The van der Waals surface area contributed by atoms with Gasteiger partial charge in [-0.1, -0.05) is 29.8 Å². The number of nitrogens with zero attached hydrogens (tertiary/aromatic N) is 3. The maximum absolute atomic E-state index is 6.18. The van der Waals surface area contributed by atoms with E-state index in [0.29, 0.717) is 6.54 Å². The smallest absolute Gasteiger partial charge is 0.191 e. The normalized spacial score (nSPS) is 14.8. The van der Waals surface area contributed by atoms with Gasteiger partial charge in [0.15, 0.2) is 5.96 Å². The lowest BCUT2D eigenvalue weighted by Gasteiger charge is -2.20. The van der Waals surface area contributed by atoms with Gasteiger partial charge in [-0.05, 0) is 43.5 Å². The molecular weight excluding hydrogens is 485 g/mol. The predicted octanol–water partition coefficient (Wildman–Crippen LogP) is 4.21. The van der Waals surface area contributed by atoms with Crippen LogP contribution >= 0.6 is 35.6 Å². The van der Waals surface area contributed by atoms with Gasteiger partial charge in [0, 0.05) is 49.4 Å². The van der Waals surface area contributed by atoms with Gasteiger partial charge in [0.1, 0.15) is 5.82 Å². The Morgan fingerprint density at radius 3 is 2.64 bits per heavy atom. The standard InChI is InChI=1S/C21H28ClN5.HI/c1-4-23-20(25-14-16-7-6-12-24-19(16)27(2)3)26-15-21(10-11-21)17-8-5-9-18(22)13-17;/h5-9,12-13H,4,10-11,14-15H2,1-3H3,(H2,23,25,26);1H. The molecule has 1 aliphatic carbocycles. The second kappa shape index (κ2) is 10.3. The Balaban J connectivity index is 0.00000280. The molecule has 7 heteroatoms. The Morgan fingerprint density at radius 2 is 2.00 bits per heavy atom. The van der Waals surface area contributed by atoms with E-state index in [2.05, 4.69) is 40.7 Å². The van der Waals surface area contributed by atoms with Crippen LogP contribution < -0.4 is 15.5 Å². The van der Waals surface area contributed by atoms with Crippen LogP contribution in [0.15, 0.2) is 47.6 Å². The summed E-state index contributed by atoms with van der Waals surface area (Å²) in [7, 11) is 4.00. The zero-order chi connectivity index (χ0) is 19.3. The number of nitrogens with one attached hydrogen (secondary N) is 2. The molecule has 2 N–H and O–H groups in total. The molecule has 152 valence electrons. The largest absolute Gasteiger partial charge is 0.362 e. The van der Waals surface area contributed by atoms with Crippen molar-refractivity contribution < 1.29 is 0 Å². The molecule has 28 heavy (non-hydrogen) atoms. The van der Waals surface area contributed by atoms with E-state index >= 15 is 0 Å². The number of aromatic nitrogens is 1. The van der Waals surface area contributed by atoms with Crippen LogP contribution in [0, 0.1) is 0 Å². The van der Waals surface area contributed by atoms with Gasteiger partial charge < -0.3 is 15.5 Å². The molecule has 0 radical (unpaired) electrons. The van der Waals surface area contributed by atoms with Crippen LogP contribution in [0.25, 0.3) is 0 Å². The van der Waals surface area contributed by atoms with Crippen LogP contribution in [-0.4, -0.2) is 38.1 Å². The summed E-state index contributed by atoms with van der Waals surface area (Å²) in [6.07, 6.45) is 4.16. The number of guanidine groups is 1. The summed E-state index contributed by atoms with van der Waals surface area (Å²) >= 11 is 6.18. The lowest BCUT2D eigenvalue weighted by atomic mass is 9.96. The van der Waals surface area contributed by atoms with Crippen molar-refractivity contribution in [2.75, 3.05) is 32.1 Å². The van der Waals surface area contributed by atoms with E-state index in [-0.39, 0.29) is 29.4 Å². The van der Waals surface area contributed by atoms with Crippen LogP contribution in [0.2, 0.25) is 5.02 Å². The van der Waals surface area contributed by atoms with E-state index in [1.54, 1.807) is 0 Å². The maximum atomic E-state index is 6.18. The van der Waals surface area contributed by atoms with Crippen LogP contribution in [0.1, 0.15) is 30.9 Å². The van der Waals surface area contributed by atoms with Crippen molar-refractivity contribution in [2.45, 2.75) is 31.7 Å². The third-order valence-corrected chi connectivity index (χ3v) is 5.16. The zero-order valence-electron chi connectivity index (χ0n) is 16.7. The fourth-order valence-corrected chi connectivity index (χ4v) is 3.44. The number of hydrogen-bond donors (Lipinski definition) is 2. The van der Waals surface area contributed by atoms with Gasteiger partial charge in [0.25, 0.3) is 0 Å². The van der Waals surface area contributed by atoms with E-state index in [0.717, 1.165) is 35.5 Å². The lowest BCUT2D eigenvalue weighted by Crippen LogP contribution is -2.41. The van der Waals surface area contributed by atoms with Crippen LogP contribution in [0.5, 0.6) is 0 Å². The number of anilines is 1. The highest BCUT2D eigenvalue weighted by atomic mass is 127. The second-order valence-corrected chi connectivity index (χ2v) is 7.66. The molecule has 2 aromatic rings. The molecule has 1 aliphatic rings. The van der Waals surface area contributed by atoms with E-state index in [9.17, 15) is 0 Å². The molecule has 1 aromatic carbocycles. The van der Waals surface area contributed by atoms with E-state index in [4.69, 9.17) is 16.6 Å². The van der Waals surface area contributed by atoms with Crippen molar-refractivity contribution in [1.82, 2.24) is 15.6 Å². The first kappa shape index (κ1) is 22.7. The first-order chi connectivity index (χ1) is 13.0. The minimum atomic E-state index is 0. The highest BCUT2D eigenvalue weighted by Gasteiger charge is 2.44. The zero-order valence-corrected chi connectivity index (χ0v) is 19.8. The Labute approximate surface area is 190 Å². The Morgan fingerprint density at radius 1 is 1.21 bits per heavy atom. The quantitative estimate of drug-likeness (QED) is 0.331. The van der Waals surface area contributed by atoms with Gasteiger partial charge in [-0.15, -0.1) is 24.0 Å². The lowest BCUT2D eigenvalue weighted by molar-refractivity contribution is 0.646. The SMILES string of the molecule is CCNC(=NCc1cccnc1N(C)C)NCC1(c2cccc(Cl)c2)CC1.I. The van der Waals surface area contributed by atoms with E-state index in [1.165, 1.54) is 18.4 Å². The molecule has 0 saturated heterocycles. The van der Waals surface area contributed by atoms with Gasteiger partial charge in [-0.3, -0.25) is 0 Å². The van der Waals surface area contributed by atoms with Crippen LogP contribution in [0.3, 0.4) is 0 Å². The van der Waals surface area contributed by atoms with Crippen molar-refractivity contribution in [3.8, 4) is 0 Å². The molecule has 0 bridgehead atoms. The summed E-state index contributed by atoms with van der Waals surface area (Å²) in [4.78, 5) is 11.2. The first-order valence-electron chi connectivity index (χ1n) is 9.43. The number of benzene rings is 1. The molecule has 0 unspecified atom stereocenters. The Kier molecular flexibility index (Phi) is 8.37. The maximum Gasteiger partial charge on any atom is 0.191 e. The summed E-state index contributed by atoms with van der Waals surface area (Å²) in [5, 5.41) is 7.66. The fraction of sp³-hybridized carbons (Fsp3) is 0.429. The van der Waals surface area contributed by atoms with Crippen molar-refractivity contribution in [2.24, 2.45) is 4.99 Å². The average molecular weight is 514 g/mol. The number of aliphatic imine (C=N–C) groups is 1. The summed E-state index contributed by atoms with van der Waals surface area (Å²) in [5.74, 6) is 1.79. The molecule has 1 heterocycles. The van der Waals surface area contributed by atoms with Gasteiger partial charge in [0.05, 0.1) is 6.54 Å². The molecule has 1 fully saturated rings. The third-order valence-electron chi connectivity index (χ3n) is 4.93. The van der Waals surface area contributed by atoms with Gasteiger partial charge >= 0.3 is 0 Å². The summed E-state index contributed by atoms with van der Waals surface area (Å²) in [6.45, 7) is 4.34. The van der Waals surface area contributed by atoms with E-state index in [1.807, 2.05) is 43.4 Å². The van der Waals surface area contributed by atoms with Gasteiger partial charge in [-0.25, -0.2) is 9.98 Å². The number of pyridine rings is 1. The highest BCUT2D eigenvalue weighted by molar-refractivity contribution is 14.0. The predicted molar refractivity (Wildman–Crippen MR) is 129 cm³/mol. The highest BCUT2D eigenvalue weighted by Crippen LogP contribution is 2.48. The van der Waals surface area contributed by atoms with Crippen molar-refractivity contribution in [3.63, 3.8) is 0 Å². The third kappa shape index (κ3) is 5.73. The van der Waals surface area contributed by atoms with Crippen LogP contribution in [-0.2, 0) is 12.0 Å². The van der Waals surface area contributed by atoms with Crippen molar-refractivity contribution in [3.05, 3.63) is 58.7 Å². The topological polar surface area (TPSA) is 52.6 Å². The minimum absolute atomic E-state index is 0. The number of halogens is 2. The molecule has 5 nitrogen and oxygen atoms in total. The second-order valence-electron chi connectivity index (χ2n) is 7.22. The summed E-state index contributed by atoms with van der Waals surface area (Å²) in [6, 6.07) is 12.2. The van der Waals surface area contributed by atoms with Gasteiger partial charge in [-0.2, -0.15) is 0 Å². The molecule has 0 amide bonds. The molecule has 0 aliphatic heterocycles. The molecule has 3 rings (SSSR count). The van der Waals surface area contributed by atoms with Crippen molar-refractivity contribution >= 4 is 47.4 Å². The summed E-state index contributed by atoms with van der Waals surface area (Å²) in [5.41, 5.74) is 2.58. The Bertz CT molecular complexity index is 805. The Hall–Kier alpha value is -1.54. The first-order valence-corrected chi connectivity index (χ1v) is 9.81. The number of rotatable bonds is 7. The molecule has 0 atom stereocenters. The molecule has 0 spiro atoms. The van der Waals surface area contributed by atoms with Gasteiger partial charge in [0.2, 0.25) is 0 Å². The fourth-order valence-electron chi connectivity index (χ4n) is 3.25.